The van der Waals surface area contributed by atoms with Gasteiger partial charge in [-0.25, -0.2) is 0 Å². The van der Waals surface area contributed by atoms with Crippen LogP contribution < -0.4 is 4.90 Å². The molecule has 0 bridgehead atoms. The largest absolute Gasteiger partial charge is 0.334 e. The lowest BCUT2D eigenvalue weighted by Gasteiger charge is -2.37. The van der Waals surface area contributed by atoms with Crippen LogP contribution in [0.3, 0.4) is 0 Å². The van der Waals surface area contributed by atoms with Gasteiger partial charge in [0.05, 0.1) is 22.5 Å². The van der Waals surface area contributed by atoms with E-state index in [9.17, 15) is 0 Å². The summed E-state index contributed by atoms with van der Waals surface area (Å²) in [5.74, 6) is 0.342. The van der Waals surface area contributed by atoms with Gasteiger partial charge in [-0.1, -0.05) is 159 Å². The number of allylic oxidation sites excluding steroid dienone is 2. The minimum atomic E-state index is -0.481. The van der Waals surface area contributed by atoms with E-state index in [1.54, 1.807) is 0 Å². The SMILES string of the molecule is CC1C=CC=CC1N(c1ccccc1)c1ccc2c(c1)C1(c3ccccc3-c3ccc(-c4ccc(-n5c6ccccc6c6ccccc65)cc4)cc31)c1sc3ccccc3c1-2. The minimum absolute atomic E-state index is 0.179. The summed E-state index contributed by atoms with van der Waals surface area (Å²) in [4.78, 5) is 3.98. The molecule has 61 heavy (non-hydrogen) atoms. The highest BCUT2D eigenvalue weighted by molar-refractivity contribution is 7.20. The molecular weight excluding hydrogens is 757 g/mol. The van der Waals surface area contributed by atoms with Crippen molar-refractivity contribution < 1.29 is 0 Å². The number of hydrogen-bond donors (Lipinski definition) is 0. The van der Waals surface area contributed by atoms with Crippen LogP contribution in [0.5, 0.6) is 0 Å². The number of thiophene rings is 1. The normalized spacial score (nSPS) is 18.2. The number of fused-ring (bicyclic) bond motifs is 15. The first-order valence-electron chi connectivity index (χ1n) is 21.4. The lowest BCUT2D eigenvalue weighted by atomic mass is 9.73. The molecular formula is C58H40N2S. The first kappa shape index (κ1) is 34.6. The van der Waals surface area contributed by atoms with Crippen molar-refractivity contribution in [2.75, 3.05) is 4.90 Å². The van der Waals surface area contributed by atoms with Crippen molar-refractivity contribution in [1.29, 1.82) is 0 Å². The fourth-order valence-corrected chi connectivity index (χ4v) is 12.5. The fraction of sp³-hybridized carbons (Fsp3) is 0.0690. The lowest BCUT2D eigenvalue weighted by Crippen LogP contribution is -2.35. The van der Waals surface area contributed by atoms with Gasteiger partial charge in [-0.2, -0.15) is 0 Å². The minimum Gasteiger partial charge on any atom is -0.334 e. The number of aromatic nitrogens is 1. The van der Waals surface area contributed by atoms with Gasteiger partial charge in [0.1, 0.15) is 0 Å². The van der Waals surface area contributed by atoms with Crippen LogP contribution in [0.2, 0.25) is 0 Å². The van der Waals surface area contributed by atoms with Gasteiger partial charge in [0.2, 0.25) is 0 Å². The zero-order chi connectivity index (χ0) is 40.2. The maximum Gasteiger partial charge on any atom is 0.0820 e. The van der Waals surface area contributed by atoms with Gasteiger partial charge in [-0.3, -0.25) is 0 Å². The number of rotatable bonds is 5. The molecule has 1 spiro atoms. The summed E-state index contributed by atoms with van der Waals surface area (Å²) in [5.41, 5.74) is 17.4. The second-order valence-corrected chi connectivity index (χ2v) is 17.9. The molecule has 3 unspecified atom stereocenters. The molecule has 3 atom stereocenters. The summed E-state index contributed by atoms with van der Waals surface area (Å²) in [6, 6.07) is 70.6. The Kier molecular flexibility index (Phi) is 7.47. The Morgan fingerprint density at radius 2 is 1.11 bits per heavy atom. The molecule has 0 saturated heterocycles. The van der Waals surface area contributed by atoms with Crippen molar-refractivity contribution >= 4 is 54.6 Å². The molecule has 2 heterocycles. The topological polar surface area (TPSA) is 8.17 Å². The number of nitrogens with zero attached hydrogens (tertiary/aromatic N) is 2. The summed E-state index contributed by atoms with van der Waals surface area (Å²) >= 11 is 1.97. The monoisotopic (exact) mass is 796 g/mol. The van der Waals surface area contributed by atoms with Crippen molar-refractivity contribution in [3.05, 3.63) is 234 Å². The van der Waals surface area contributed by atoms with Gasteiger partial charge in [0.15, 0.2) is 0 Å². The molecule has 3 heteroatoms. The molecule has 8 aromatic carbocycles. The Balaban J connectivity index is 1.03. The highest BCUT2D eigenvalue weighted by Crippen LogP contribution is 2.66. The van der Waals surface area contributed by atoms with E-state index in [-0.39, 0.29) is 6.04 Å². The molecule has 2 aromatic heterocycles. The van der Waals surface area contributed by atoms with Crippen LogP contribution in [0.1, 0.15) is 28.5 Å². The van der Waals surface area contributed by atoms with Gasteiger partial charge in [-0.05, 0) is 111 Å². The van der Waals surface area contributed by atoms with E-state index >= 15 is 0 Å². The third-order valence-electron chi connectivity index (χ3n) is 13.7. The lowest BCUT2D eigenvalue weighted by molar-refractivity contribution is 0.609. The molecule has 0 N–H and O–H groups in total. The summed E-state index contributed by atoms with van der Waals surface area (Å²) in [6.07, 6.45) is 9.09. The van der Waals surface area contributed by atoms with Crippen LogP contribution in [-0.4, -0.2) is 10.6 Å². The number of anilines is 2. The quantitative estimate of drug-likeness (QED) is 0.168. The molecule has 0 fully saturated rings. The van der Waals surface area contributed by atoms with Crippen molar-refractivity contribution in [3.63, 3.8) is 0 Å². The van der Waals surface area contributed by atoms with Crippen molar-refractivity contribution in [3.8, 4) is 39.1 Å². The van der Waals surface area contributed by atoms with Gasteiger partial charge < -0.3 is 9.47 Å². The Bertz CT molecular complexity index is 3400. The molecule has 10 aromatic rings. The van der Waals surface area contributed by atoms with E-state index in [2.05, 4.69) is 229 Å². The second-order valence-electron chi connectivity index (χ2n) is 16.8. The molecule has 0 radical (unpaired) electrons. The van der Waals surface area contributed by atoms with E-state index in [0.29, 0.717) is 5.92 Å². The zero-order valence-electron chi connectivity index (χ0n) is 33.7. The first-order chi connectivity index (χ1) is 30.2. The van der Waals surface area contributed by atoms with Crippen molar-refractivity contribution in [2.24, 2.45) is 5.92 Å². The Morgan fingerprint density at radius 3 is 1.90 bits per heavy atom. The third kappa shape index (κ3) is 4.84. The highest BCUT2D eigenvalue weighted by atomic mass is 32.1. The van der Waals surface area contributed by atoms with Crippen molar-refractivity contribution in [1.82, 2.24) is 4.57 Å². The summed E-state index contributed by atoms with van der Waals surface area (Å²) in [5, 5.41) is 3.89. The van der Waals surface area contributed by atoms with Crippen LogP contribution in [-0.2, 0) is 5.41 Å². The predicted octanol–water partition coefficient (Wildman–Crippen LogP) is 15.3. The molecule has 2 nitrogen and oxygen atoms in total. The molecule has 0 saturated carbocycles. The van der Waals surface area contributed by atoms with Crippen LogP contribution in [0.15, 0.2) is 212 Å². The van der Waals surface area contributed by atoms with E-state index in [4.69, 9.17) is 0 Å². The molecule has 13 rings (SSSR count). The van der Waals surface area contributed by atoms with E-state index in [0.717, 1.165) is 0 Å². The number of benzene rings is 8. The van der Waals surface area contributed by atoms with Gasteiger partial charge >= 0.3 is 0 Å². The Labute approximate surface area is 359 Å². The molecule has 0 amide bonds. The van der Waals surface area contributed by atoms with Crippen molar-refractivity contribution in [2.45, 2.75) is 18.4 Å². The average Bonchev–Trinajstić information content (AvgIpc) is 4.03. The van der Waals surface area contributed by atoms with E-state index in [1.165, 1.54) is 104 Å². The predicted molar refractivity (Wildman–Crippen MR) is 258 cm³/mol. The summed E-state index contributed by atoms with van der Waals surface area (Å²) in [6.45, 7) is 2.33. The number of hydrogen-bond acceptors (Lipinski definition) is 2. The summed E-state index contributed by atoms with van der Waals surface area (Å²) in [7, 11) is 0. The zero-order valence-corrected chi connectivity index (χ0v) is 34.5. The van der Waals surface area contributed by atoms with E-state index in [1.807, 2.05) is 11.3 Å². The molecule has 0 aliphatic heterocycles. The maximum atomic E-state index is 2.56. The van der Waals surface area contributed by atoms with E-state index < -0.39 is 5.41 Å². The summed E-state index contributed by atoms with van der Waals surface area (Å²) < 4.78 is 3.74. The van der Waals surface area contributed by atoms with Gasteiger partial charge in [0, 0.05) is 48.4 Å². The molecule has 3 aliphatic rings. The standard InChI is InChI=1S/C58H40N2S/c1-37-15-5-11-23-52(37)59(40-16-3-2-4-17-40)42-32-34-47-51(36-42)58(57-56(47)48-21-9-14-26-55(48)61-57)49-22-10-6-18-43(49)44-33-29-39(35-50(44)58)38-27-30-41(31-28-38)60-53-24-12-7-19-45(53)46-20-8-13-25-54(46)60/h2-37,52H,1H3. The maximum absolute atomic E-state index is 2.56. The van der Waals surface area contributed by atoms with Crippen LogP contribution >= 0.6 is 11.3 Å². The van der Waals surface area contributed by atoms with Gasteiger partial charge in [-0.15, -0.1) is 11.3 Å². The average molecular weight is 797 g/mol. The van der Waals surface area contributed by atoms with Crippen LogP contribution in [0.25, 0.3) is 71.0 Å². The Hall–Kier alpha value is -7.20. The fourth-order valence-electron chi connectivity index (χ4n) is 11.0. The molecule has 3 aliphatic carbocycles. The second kappa shape index (κ2) is 13.1. The van der Waals surface area contributed by atoms with Crippen LogP contribution in [0, 0.1) is 5.92 Å². The highest BCUT2D eigenvalue weighted by Gasteiger charge is 2.53. The first-order valence-corrected chi connectivity index (χ1v) is 22.2. The Morgan fingerprint density at radius 1 is 0.492 bits per heavy atom. The van der Waals surface area contributed by atoms with Crippen LogP contribution in [0.4, 0.5) is 11.4 Å². The third-order valence-corrected chi connectivity index (χ3v) is 15.0. The number of para-hydroxylation sites is 3. The van der Waals surface area contributed by atoms with Gasteiger partial charge in [0.25, 0.3) is 0 Å². The molecule has 288 valence electrons. The smallest absolute Gasteiger partial charge is 0.0820 e.